The lowest BCUT2D eigenvalue weighted by Gasteiger charge is -2.39. The summed E-state index contributed by atoms with van der Waals surface area (Å²) in [5.74, 6) is 0.264. The maximum atomic E-state index is 10.5. The van der Waals surface area contributed by atoms with E-state index < -0.39 is 37.3 Å². The van der Waals surface area contributed by atoms with Gasteiger partial charge in [0.2, 0.25) is 12.2 Å². The molecule has 1 fully saturated rings. The normalized spacial score (nSPS) is 25.0. The molecule has 8 heteroatoms. The van der Waals surface area contributed by atoms with Crippen LogP contribution in [0.4, 0.5) is 0 Å². The third-order valence-electron chi connectivity index (χ3n) is 6.16. The van der Waals surface area contributed by atoms with E-state index in [1.807, 2.05) is 80.1 Å². The SMILES string of the molecule is Cc1ccccc1-c1c(Cc2ccccc2)c(O[C@@H]2O[C@H](CO)[C@@H](O)[C@H](O)[C@H]2O)nn1C(C)C. The zero-order chi connectivity index (χ0) is 24.4. The molecule has 1 aliphatic rings. The van der Waals surface area contributed by atoms with Crippen molar-refractivity contribution in [1.29, 1.82) is 0 Å². The molecule has 5 atom stereocenters. The van der Waals surface area contributed by atoms with Crippen molar-refractivity contribution in [3.05, 3.63) is 71.3 Å². The Labute approximate surface area is 199 Å². The van der Waals surface area contributed by atoms with E-state index in [1.165, 1.54) is 0 Å². The Morgan fingerprint density at radius 2 is 1.65 bits per heavy atom. The number of aliphatic hydroxyl groups is 4. The van der Waals surface area contributed by atoms with Gasteiger partial charge in [0.05, 0.1) is 12.3 Å². The van der Waals surface area contributed by atoms with Crippen LogP contribution >= 0.6 is 0 Å². The highest BCUT2D eigenvalue weighted by Crippen LogP contribution is 2.37. The number of ether oxygens (including phenoxy) is 2. The standard InChI is InChI=1S/C26H32N2O6/c1-15(2)28-21(18-12-8-7-9-16(18)3)19(13-17-10-5-4-6-11-17)25(27-28)34-26-24(32)23(31)22(30)20(14-29)33-26/h4-12,15,20,22-24,26,29-32H,13-14H2,1-3H3/t20-,22-,23+,24-,26+/m1/s1. The first kappa shape index (κ1) is 24.4. The minimum Gasteiger partial charge on any atom is -0.443 e. The molecule has 1 aliphatic heterocycles. The van der Waals surface area contributed by atoms with Gasteiger partial charge in [0.1, 0.15) is 24.4 Å². The second kappa shape index (κ2) is 10.2. The zero-order valence-electron chi connectivity index (χ0n) is 19.6. The summed E-state index contributed by atoms with van der Waals surface area (Å²) >= 11 is 0. The molecule has 0 spiro atoms. The van der Waals surface area contributed by atoms with Crippen LogP contribution in [0.2, 0.25) is 0 Å². The minimum absolute atomic E-state index is 0.0104. The van der Waals surface area contributed by atoms with Crippen molar-refractivity contribution in [3.63, 3.8) is 0 Å². The second-order valence-electron chi connectivity index (χ2n) is 8.96. The zero-order valence-corrected chi connectivity index (χ0v) is 19.6. The molecule has 2 heterocycles. The highest BCUT2D eigenvalue weighted by atomic mass is 16.7. The van der Waals surface area contributed by atoms with Crippen LogP contribution in [0.15, 0.2) is 54.6 Å². The van der Waals surface area contributed by atoms with Crippen molar-refractivity contribution in [3.8, 4) is 17.1 Å². The highest BCUT2D eigenvalue weighted by Gasteiger charge is 2.45. The lowest BCUT2D eigenvalue weighted by Crippen LogP contribution is -2.60. The van der Waals surface area contributed by atoms with E-state index in [1.54, 1.807) is 0 Å². The summed E-state index contributed by atoms with van der Waals surface area (Å²) in [5, 5.41) is 45.2. The molecular weight excluding hydrogens is 436 g/mol. The molecule has 0 aliphatic carbocycles. The van der Waals surface area contributed by atoms with Gasteiger partial charge in [-0.25, -0.2) is 0 Å². The number of aliphatic hydroxyl groups excluding tert-OH is 4. The molecule has 182 valence electrons. The van der Waals surface area contributed by atoms with Crippen molar-refractivity contribution < 1.29 is 29.9 Å². The topological polar surface area (TPSA) is 117 Å². The summed E-state index contributed by atoms with van der Waals surface area (Å²) in [6.45, 7) is 5.56. The quantitative estimate of drug-likeness (QED) is 0.420. The molecule has 34 heavy (non-hydrogen) atoms. The predicted molar refractivity (Wildman–Crippen MR) is 126 cm³/mol. The third kappa shape index (κ3) is 4.73. The van der Waals surface area contributed by atoms with Gasteiger partial charge in [-0.2, -0.15) is 0 Å². The minimum atomic E-state index is -1.53. The van der Waals surface area contributed by atoms with Crippen LogP contribution in [-0.4, -0.2) is 67.5 Å². The molecule has 4 N–H and O–H groups in total. The fourth-order valence-electron chi connectivity index (χ4n) is 4.27. The van der Waals surface area contributed by atoms with Gasteiger partial charge in [-0.1, -0.05) is 54.6 Å². The van der Waals surface area contributed by atoms with E-state index in [2.05, 4.69) is 0 Å². The largest absolute Gasteiger partial charge is 0.443 e. The van der Waals surface area contributed by atoms with E-state index in [9.17, 15) is 20.4 Å². The second-order valence-corrected chi connectivity index (χ2v) is 8.96. The molecule has 1 saturated heterocycles. The van der Waals surface area contributed by atoms with E-state index in [0.29, 0.717) is 6.42 Å². The van der Waals surface area contributed by atoms with E-state index in [-0.39, 0.29) is 11.9 Å². The molecule has 4 rings (SSSR count). The number of aromatic nitrogens is 2. The maximum Gasteiger partial charge on any atom is 0.239 e. The lowest BCUT2D eigenvalue weighted by molar-refractivity contribution is -0.278. The Kier molecular flexibility index (Phi) is 7.35. The summed E-state index contributed by atoms with van der Waals surface area (Å²) in [4.78, 5) is 0. The van der Waals surface area contributed by atoms with Crippen molar-refractivity contribution >= 4 is 0 Å². The van der Waals surface area contributed by atoms with E-state index in [4.69, 9.17) is 14.6 Å². The van der Waals surface area contributed by atoms with Crippen molar-refractivity contribution in [1.82, 2.24) is 9.78 Å². The van der Waals surface area contributed by atoms with Crippen molar-refractivity contribution in [2.24, 2.45) is 0 Å². The fourth-order valence-corrected chi connectivity index (χ4v) is 4.27. The average molecular weight is 469 g/mol. The summed E-state index contributed by atoms with van der Waals surface area (Å²) in [5.41, 5.74) is 4.86. The average Bonchev–Trinajstić information content (AvgIpc) is 3.18. The van der Waals surface area contributed by atoms with Gasteiger partial charge < -0.3 is 29.9 Å². The number of rotatable bonds is 7. The Morgan fingerprint density at radius 3 is 2.29 bits per heavy atom. The monoisotopic (exact) mass is 468 g/mol. The maximum absolute atomic E-state index is 10.5. The van der Waals surface area contributed by atoms with Crippen LogP contribution in [-0.2, 0) is 11.2 Å². The van der Waals surface area contributed by atoms with Crippen LogP contribution in [0.1, 0.15) is 36.6 Å². The first-order chi connectivity index (χ1) is 16.3. The summed E-state index contributed by atoms with van der Waals surface area (Å²) < 4.78 is 13.6. The Balaban J connectivity index is 1.82. The lowest BCUT2D eigenvalue weighted by atomic mass is 9.97. The molecule has 0 bridgehead atoms. The van der Waals surface area contributed by atoms with Crippen LogP contribution < -0.4 is 4.74 Å². The number of nitrogens with zero attached hydrogens (tertiary/aromatic N) is 2. The first-order valence-corrected chi connectivity index (χ1v) is 11.5. The number of hydrogen-bond acceptors (Lipinski definition) is 7. The van der Waals surface area contributed by atoms with E-state index in [0.717, 1.165) is 27.9 Å². The number of hydrogen-bond donors (Lipinski definition) is 4. The van der Waals surface area contributed by atoms with E-state index >= 15 is 0 Å². The fraction of sp³-hybridized carbons (Fsp3) is 0.423. The number of aryl methyl sites for hydroxylation is 1. The van der Waals surface area contributed by atoms with Gasteiger partial charge in [0.15, 0.2) is 0 Å². The Bertz CT molecular complexity index is 1100. The third-order valence-corrected chi connectivity index (χ3v) is 6.16. The summed E-state index contributed by atoms with van der Waals surface area (Å²) in [6.07, 6.45) is -6.37. The Morgan fingerprint density at radius 1 is 0.971 bits per heavy atom. The van der Waals surface area contributed by atoms with Gasteiger partial charge in [0.25, 0.3) is 0 Å². The molecule has 2 aromatic carbocycles. The van der Waals surface area contributed by atoms with Gasteiger partial charge >= 0.3 is 0 Å². The highest BCUT2D eigenvalue weighted by molar-refractivity contribution is 5.70. The Hall–Kier alpha value is -2.75. The molecule has 1 aromatic heterocycles. The van der Waals surface area contributed by atoms with Crippen molar-refractivity contribution in [2.75, 3.05) is 6.61 Å². The molecule has 3 aromatic rings. The van der Waals surface area contributed by atoms with Crippen LogP contribution in [0.25, 0.3) is 11.3 Å². The molecule has 8 nitrogen and oxygen atoms in total. The molecule has 0 unspecified atom stereocenters. The molecular formula is C26H32N2O6. The predicted octanol–water partition coefficient (Wildman–Crippen LogP) is 2.21. The van der Waals surface area contributed by atoms with Gasteiger partial charge in [-0.15, -0.1) is 5.10 Å². The van der Waals surface area contributed by atoms with Crippen LogP contribution in [0, 0.1) is 6.92 Å². The van der Waals surface area contributed by atoms with Gasteiger partial charge in [-0.3, -0.25) is 4.68 Å². The molecule has 0 amide bonds. The summed E-state index contributed by atoms with van der Waals surface area (Å²) in [6, 6.07) is 18.0. The smallest absolute Gasteiger partial charge is 0.239 e. The molecule has 0 radical (unpaired) electrons. The first-order valence-electron chi connectivity index (χ1n) is 11.5. The van der Waals surface area contributed by atoms with Crippen molar-refractivity contribution in [2.45, 2.75) is 63.9 Å². The van der Waals surface area contributed by atoms with Crippen LogP contribution in [0.5, 0.6) is 5.88 Å². The van der Waals surface area contributed by atoms with Gasteiger partial charge in [0, 0.05) is 23.6 Å². The van der Waals surface area contributed by atoms with Crippen LogP contribution in [0.3, 0.4) is 0 Å². The van der Waals surface area contributed by atoms with Gasteiger partial charge in [-0.05, 0) is 31.9 Å². The summed E-state index contributed by atoms with van der Waals surface area (Å²) in [7, 11) is 0. The number of benzene rings is 2. The molecule has 0 saturated carbocycles.